The molecule has 1 radical (unpaired) electrons. The normalized spacial score (nSPS) is 18.4. The number of hydrogen-bond acceptors (Lipinski definition) is 3. The van der Waals surface area contributed by atoms with Crippen LogP contribution in [0, 0.1) is 24.3 Å². The Labute approximate surface area is 108 Å². The highest BCUT2D eigenvalue weighted by molar-refractivity contribution is 5.81. The highest BCUT2D eigenvalue weighted by Gasteiger charge is 2.09. The SMILES string of the molecule is C(#CC1CCNCC1)c1ccc2c(c1)[CH]N=CN2. The molecular weight excluding hydrogens is 222 g/mol. The van der Waals surface area contributed by atoms with Gasteiger partial charge >= 0.3 is 0 Å². The van der Waals surface area contributed by atoms with Gasteiger partial charge in [0.2, 0.25) is 0 Å². The van der Waals surface area contributed by atoms with E-state index in [-0.39, 0.29) is 0 Å². The number of piperidine rings is 1. The third-order valence-corrected chi connectivity index (χ3v) is 3.32. The first kappa shape index (κ1) is 11.3. The molecule has 1 aromatic rings. The molecule has 0 unspecified atom stereocenters. The first-order valence-electron chi connectivity index (χ1n) is 6.39. The Hall–Kier alpha value is -1.79. The predicted octanol–water partition coefficient (Wildman–Crippen LogP) is 2.00. The van der Waals surface area contributed by atoms with Gasteiger partial charge in [0, 0.05) is 22.7 Å². The Bertz CT molecular complexity index is 516. The lowest BCUT2D eigenvalue weighted by atomic mass is 9.98. The summed E-state index contributed by atoms with van der Waals surface area (Å²) in [6.45, 7) is 4.05. The maximum atomic E-state index is 4.09. The van der Waals surface area contributed by atoms with E-state index in [0.29, 0.717) is 5.92 Å². The summed E-state index contributed by atoms with van der Waals surface area (Å²) in [4.78, 5) is 4.09. The molecule has 2 N–H and O–H groups in total. The van der Waals surface area contributed by atoms with Gasteiger partial charge in [-0.1, -0.05) is 11.8 Å². The Balaban J connectivity index is 1.75. The lowest BCUT2D eigenvalue weighted by Crippen LogP contribution is -2.26. The second-order valence-electron chi connectivity index (χ2n) is 4.65. The zero-order valence-corrected chi connectivity index (χ0v) is 10.2. The molecule has 0 aliphatic carbocycles. The van der Waals surface area contributed by atoms with Crippen molar-refractivity contribution < 1.29 is 0 Å². The predicted molar refractivity (Wildman–Crippen MR) is 74.4 cm³/mol. The fourth-order valence-electron chi connectivity index (χ4n) is 2.25. The van der Waals surface area contributed by atoms with Gasteiger partial charge in [0.05, 0.1) is 6.34 Å². The molecule has 0 saturated carbocycles. The van der Waals surface area contributed by atoms with Crippen molar-refractivity contribution in [2.75, 3.05) is 18.4 Å². The zero-order chi connectivity index (χ0) is 12.2. The van der Waals surface area contributed by atoms with E-state index in [4.69, 9.17) is 0 Å². The van der Waals surface area contributed by atoms with E-state index in [1.54, 1.807) is 6.34 Å². The standard InChI is InChI=1S/C15H16N3/c1(12-5-7-16-8-6-12)2-13-3-4-15-14(9-13)10-17-11-18-15/h3-4,9-12,16H,5-8H2,(H,17,18). The maximum Gasteiger partial charge on any atom is 0.105 e. The van der Waals surface area contributed by atoms with Crippen molar-refractivity contribution >= 4 is 12.0 Å². The van der Waals surface area contributed by atoms with Gasteiger partial charge in [-0.25, -0.2) is 0 Å². The van der Waals surface area contributed by atoms with E-state index in [2.05, 4.69) is 45.7 Å². The highest BCUT2D eigenvalue weighted by Crippen LogP contribution is 2.21. The van der Waals surface area contributed by atoms with Gasteiger partial charge < -0.3 is 10.6 Å². The number of aliphatic imine (C=N–C) groups is 1. The number of benzene rings is 1. The van der Waals surface area contributed by atoms with E-state index in [9.17, 15) is 0 Å². The summed E-state index contributed by atoms with van der Waals surface area (Å²) in [6, 6.07) is 6.21. The van der Waals surface area contributed by atoms with Crippen LogP contribution in [-0.2, 0) is 0 Å². The van der Waals surface area contributed by atoms with Crippen molar-refractivity contribution in [1.29, 1.82) is 0 Å². The van der Waals surface area contributed by atoms with Crippen LogP contribution in [0.25, 0.3) is 0 Å². The monoisotopic (exact) mass is 238 g/mol. The van der Waals surface area contributed by atoms with Crippen LogP contribution < -0.4 is 10.6 Å². The molecular formula is C15H16N3. The molecule has 0 bridgehead atoms. The van der Waals surface area contributed by atoms with E-state index < -0.39 is 0 Å². The molecule has 0 amide bonds. The smallest absolute Gasteiger partial charge is 0.105 e. The average molecular weight is 238 g/mol. The van der Waals surface area contributed by atoms with Crippen LogP contribution in [0.5, 0.6) is 0 Å². The Morgan fingerprint density at radius 3 is 3.00 bits per heavy atom. The first-order valence-corrected chi connectivity index (χ1v) is 6.39. The van der Waals surface area contributed by atoms with Gasteiger partial charge in [-0.3, -0.25) is 4.99 Å². The average Bonchev–Trinajstić information content (AvgIpc) is 2.46. The van der Waals surface area contributed by atoms with Gasteiger partial charge in [0.15, 0.2) is 0 Å². The molecule has 1 fully saturated rings. The Morgan fingerprint density at radius 1 is 1.22 bits per heavy atom. The number of nitrogens with one attached hydrogen (secondary N) is 2. The first-order chi connectivity index (χ1) is 8.92. The second-order valence-corrected chi connectivity index (χ2v) is 4.65. The van der Waals surface area contributed by atoms with Crippen LogP contribution in [0.15, 0.2) is 23.2 Å². The topological polar surface area (TPSA) is 36.4 Å². The molecule has 1 aromatic carbocycles. The van der Waals surface area contributed by atoms with Crippen molar-refractivity contribution in [3.05, 3.63) is 35.9 Å². The summed E-state index contributed by atoms with van der Waals surface area (Å²) in [5.74, 6) is 7.21. The summed E-state index contributed by atoms with van der Waals surface area (Å²) in [6.07, 6.45) is 4.02. The summed E-state index contributed by atoms with van der Waals surface area (Å²) >= 11 is 0. The van der Waals surface area contributed by atoms with Gasteiger partial charge in [0.25, 0.3) is 0 Å². The fraction of sp³-hybridized carbons (Fsp3) is 0.333. The molecule has 3 heteroatoms. The van der Waals surface area contributed by atoms with Crippen molar-refractivity contribution in [1.82, 2.24) is 5.32 Å². The van der Waals surface area contributed by atoms with Crippen LogP contribution in [-0.4, -0.2) is 19.4 Å². The molecule has 0 aromatic heterocycles. The van der Waals surface area contributed by atoms with Crippen LogP contribution in [0.3, 0.4) is 0 Å². The lowest BCUT2D eigenvalue weighted by Gasteiger charge is -2.17. The van der Waals surface area contributed by atoms with Gasteiger partial charge in [-0.2, -0.15) is 0 Å². The summed E-state index contributed by atoms with van der Waals surface area (Å²) < 4.78 is 0. The van der Waals surface area contributed by atoms with Crippen LogP contribution in [0.2, 0.25) is 0 Å². The number of nitrogens with zero attached hydrogens (tertiary/aromatic N) is 1. The van der Waals surface area contributed by atoms with Crippen LogP contribution >= 0.6 is 0 Å². The molecule has 2 aliphatic rings. The van der Waals surface area contributed by atoms with Crippen molar-refractivity contribution in [2.45, 2.75) is 12.8 Å². The minimum absolute atomic E-state index is 0.544. The third-order valence-electron chi connectivity index (χ3n) is 3.32. The largest absolute Gasteiger partial charge is 0.346 e. The molecule has 3 rings (SSSR count). The van der Waals surface area contributed by atoms with E-state index in [1.807, 2.05) is 6.54 Å². The number of fused-ring (bicyclic) bond motifs is 1. The lowest BCUT2D eigenvalue weighted by molar-refractivity contribution is 0.447. The molecule has 2 aliphatic heterocycles. The van der Waals surface area contributed by atoms with Crippen LogP contribution in [0.1, 0.15) is 24.0 Å². The Morgan fingerprint density at radius 2 is 2.11 bits per heavy atom. The van der Waals surface area contributed by atoms with Crippen molar-refractivity contribution in [3.8, 4) is 11.8 Å². The van der Waals surface area contributed by atoms with E-state index >= 15 is 0 Å². The van der Waals surface area contributed by atoms with Crippen LogP contribution in [0.4, 0.5) is 5.69 Å². The summed E-state index contributed by atoms with van der Waals surface area (Å²) in [7, 11) is 0. The second kappa shape index (κ2) is 5.24. The van der Waals surface area contributed by atoms with E-state index in [0.717, 1.165) is 42.7 Å². The molecule has 0 atom stereocenters. The molecule has 0 spiro atoms. The quantitative estimate of drug-likeness (QED) is 0.678. The summed E-state index contributed by atoms with van der Waals surface area (Å²) in [5.41, 5.74) is 3.27. The molecule has 18 heavy (non-hydrogen) atoms. The molecule has 2 heterocycles. The highest BCUT2D eigenvalue weighted by atomic mass is 15.0. The zero-order valence-electron chi connectivity index (χ0n) is 10.2. The summed E-state index contributed by atoms with van der Waals surface area (Å²) in [5, 5.41) is 6.47. The number of anilines is 1. The molecule has 91 valence electrons. The van der Waals surface area contributed by atoms with Crippen molar-refractivity contribution in [2.24, 2.45) is 10.9 Å². The number of rotatable bonds is 0. The van der Waals surface area contributed by atoms with Gasteiger partial charge in [-0.05, 0) is 44.1 Å². The molecule has 1 saturated heterocycles. The third kappa shape index (κ3) is 2.55. The van der Waals surface area contributed by atoms with Gasteiger partial charge in [-0.15, -0.1) is 0 Å². The van der Waals surface area contributed by atoms with E-state index in [1.165, 1.54) is 0 Å². The number of hydrogen-bond donors (Lipinski definition) is 2. The minimum atomic E-state index is 0.544. The van der Waals surface area contributed by atoms with Gasteiger partial charge in [0.1, 0.15) is 6.54 Å². The maximum absolute atomic E-state index is 4.09. The van der Waals surface area contributed by atoms with Crippen molar-refractivity contribution in [3.63, 3.8) is 0 Å². The minimum Gasteiger partial charge on any atom is -0.346 e. The molecule has 3 nitrogen and oxygen atoms in total. The Kier molecular flexibility index (Phi) is 3.29. The fourth-order valence-corrected chi connectivity index (χ4v) is 2.25.